The first-order valence-electron chi connectivity index (χ1n) is 5.48. The van der Waals surface area contributed by atoms with E-state index in [1.807, 2.05) is 0 Å². The maximum atomic E-state index is 13.5. The fourth-order valence-electron chi connectivity index (χ4n) is 1.34. The second-order valence-corrected chi connectivity index (χ2v) is 3.70. The molecule has 1 unspecified atom stereocenters. The molecule has 0 aliphatic rings. The molecule has 6 nitrogen and oxygen atoms in total. The van der Waals surface area contributed by atoms with E-state index in [0.717, 1.165) is 6.07 Å². The summed E-state index contributed by atoms with van der Waals surface area (Å²) in [5.41, 5.74) is -0.00262. The third-order valence-electron chi connectivity index (χ3n) is 2.36. The van der Waals surface area contributed by atoms with Crippen LogP contribution in [-0.2, 0) is 4.79 Å². The lowest BCUT2D eigenvalue weighted by Gasteiger charge is -2.13. The Morgan fingerprint density at radius 2 is 2.21 bits per heavy atom. The van der Waals surface area contributed by atoms with E-state index in [1.54, 1.807) is 13.0 Å². The molecule has 0 saturated heterocycles. The highest BCUT2D eigenvalue weighted by atomic mass is 19.1. The van der Waals surface area contributed by atoms with Gasteiger partial charge in [0.1, 0.15) is 11.9 Å². The Labute approximate surface area is 108 Å². The van der Waals surface area contributed by atoms with Crippen molar-refractivity contribution in [3.8, 4) is 6.07 Å². The predicted molar refractivity (Wildman–Crippen MR) is 65.0 cm³/mol. The molecule has 7 heteroatoms. The third-order valence-corrected chi connectivity index (χ3v) is 2.36. The molecule has 1 aromatic carbocycles. The van der Waals surface area contributed by atoms with Crippen molar-refractivity contribution in [2.24, 2.45) is 0 Å². The number of amides is 2. The van der Waals surface area contributed by atoms with Gasteiger partial charge < -0.3 is 15.7 Å². The lowest BCUT2D eigenvalue weighted by Crippen LogP contribution is -2.42. The number of nitrogens with one attached hydrogen (secondary N) is 2. The van der Waals surface area contributed by atoms with E-state index in [4.69, 9.17) is 10.4 Å². The summed E-state index contributed by atoms with van der Waals surface area (Å²) < 4.78 is 13.5. The zero-order valence-corrected chi connectivity index (χ0v) is 10.1. The van der Waals surface area contributed by atoms with Crippen LogP contribution in [0.3, 0.4) is 0 Å². The Balaban J connectivity index is 2.72. The number of nitrogens with zero attached hydrogens (tertiary/aromatic N) is 1. The summed E-state index contributed by atoms with van der Waals surface area (Å²) in [6, 6.07) is 3.44. The van der Waals surface area contributed by atoms with Crippen molar-refractivity contribution in [1.29, 1.82) is 5.26 Å². The number of carboxylic acids is 1. The Kier molecular flexibility index (Phi) is 4.83. The van der Waals surface area contributed by atoms with Gasteiger partial charge in [-0.15, -0.1) is 0 Å². The van der Waals surface area contributed by atoms with Crippen LogP contribution in [0.1, 0.15) is 18.9 Å². The van der Waals surface area contributed by atoms with Gasteiger partial charge in [0.15, 0.2) is 0 Å². The van der Waals surface area contributed by atoms with E-state index >= 15 is 0 Å². The van der Waals surface area contributed by atoms with Crippen molar-refractivity contribution in [3.63, 3.8) is 0 Å². The number of benzene rings is 1. The number of carbonyl (C=O) groups excluding carboxylic acids is 1. The number of rotatable bonds is 4. The predicted octanol–water partition coefficient (Wildman–Crippen LogP) is 1.68. The average molecular weight is 265 g/mol. The first-order valence-corrected chi connectivity index (χ1v) is 5.48. The lowest BCUT2D eigenvalue weighted by molar-refractivity contribution is -0.139. The Morgan fingerprint density at radius 1 is 1.53 bits per heavy atom. The van der Waals surface area contributed by atoms with E-state index < -0.39 is 23.9 Å². The van der Waals surface area contributed by atoms with Gasteiger partial charge in [0.25, 0.3) is 0 Å². The molecule has 2 amide bonds. The standard InChI is InChI=1S/C12H12FN3O3/c1-2-9(11(17)18)15-12(19)16-10-4-3-7(6-14)5-8(10)13/h3-5,9H,2H2,1H3,(H,17,18)(H2,15,16,19). The van der Waals surface area contributed by atoms with Crippen LogP contribution in [0.2, 0.25) is 0 Å². The first-order chi connectivity index (χ1) is 8.97. The second kappa shape index (κ2) is 6.35. The van der Waals surface area contributed by atoms with E-state index in [-0.39, 0.29) is 17.7 Å². The molecular weight excluding hydrogens is 253 g/mol. The van der Waals surface area contributed by atoms with E-state index in [9.17, 15) is 14.0 Å². The molecule has 0 fully saturated rings. The Hall–Kier alpha value is -2.62. The fourth-order valence-corrected chi connectivity index (χ4v) is 1.34. The van der Waals surface area contributed by atoms with Crippen molar-refractivity contribution >= 4 is 17.7 Å². The van der Waals surface area contributed by atoms with Crippen molar-refractivity contribution in [3.05, 3.63) is 29.6 Å². The highest BCUT2D eigenvalue weighted by molar-refractivity contribution is 5.92. The molecule has 1 atom stereocenters. The number of carbonyl (C=O) groups is 2. The van der Waals surface area contributed by atoms with Gasteiger partial charge in [-0.25, -0.2) is 14.0 Å². The summed E-state index contributed by atoms with van der Waals surface area (Å²) in [4.78, 5) is 22.2. The van der Waals surface area contributed by atoms with Crippen LogP contribution < -0.4 is 10.6 Å². The molecule has 0 bridgehead atoms. The molecule has 1 aromatic rings. The van der Waals surface area contributed by atoms with E-state index in [2.05, 4.69) is 10.6 Å². The largest absolute Gasteiger partial charge is 0.480 e. The molecule has 0 aromatic heterocycles. The number of hydrogen-bond acceptors (Lipinski definition) is 3. The lowest BCUT2D eigenvalue weighted by atomic mass is 10.2. The fraction of sp³-hybridized carbons (Fsp3) is 0.250. The van der Waals surface area contributed by atoms with E-state index in [1.165, 1.54) is 12.1 Å². The molecule has 0 aliphatic carbocycles. The zero-order valence-electron chi connectivity index (χ0n) is 10.1. The summed E-state index contributed by atoms with van der Waals surface area (Å²) in [6.45, 7) is 1.60. The first kappa shape index (κ1) is 14.4. The number of aliphatic carboxylic acids is 1. The molecule has 0 radical (unpaired) electrons. The molecule has 19 heavy (non-hydrogen) atoms. The zero-order chi connectivity index (χ0) is 14.4. The average Bonchev–Trinajstić information content (AvgIpc) is 2.37. The summed E-state index contributed by atoms with van der Waals surface area (Å²) in [6.07, 6.45) is 0.207. The Morgan fingerprint density at radius 3 is 2.68 bits per heavy atom. The third kappa shape index (κ3) is 3.96. The minimum absolute atomic E-state index is 0.125. The maximum Gasteiger partial charge on any atom is 0.326 e. The van der Waals surface area contributed by atoms with Gasteiger partial charge >= 0.3 is 12.0 Å². The van der Waals surface area contributed by atoms with E-state index in [0.29, 0.717) is 0 Å². The molecule has 0 aliphatic heterocycles. The normalized spacial score (nSPS) is 11.2. The van der Waals surface area contributed by atoms with Crippen LogP contribution in [-0.4, -0.2) is 23.1 Å². The van der Waals surface area contributed by atoms with Gasteiger partial charge in [-0.3, -0.25) is 0 Å². The maximum absolute atomic E-state index is 13.5. The molecule has 0 spiro atoms. The summed E-state index contributed by atoms with van der Waals surface area (Å²) >= 11 is 0. The van der Waals surface area contributed by atoms with Gasteiger partial charge in [-0.2, -0.15) is 5.26 Å². The highest BCUT2D eigenvalue weighted by Crippen LogP contribution is 2.15. The number of nitriles is 1. The second-order valence-electron chi connectivity index (χ2n) is 3.70. The van der Waals surface area contributed by atoms with Crippen LogP contribution in [0.4, 0.5) is 14.9 Å². The molecular formula is C12H12FN3O3. The van der Waals surface area contributed by atoms with Gasteiger partial charge in [-0.05, 0) is 24.6 Å². The van der Waals surface area contributed by atoms with Crippen LogP contribution in [0, 0.1) is 17.1 Å². The molecule has 0 heterocycles. The van der Waals surface area contributed by atoms with Crippen LogP contribution in [0.15, 0.2) is 18.2 Å². The monoisotopic (exact) mass is 265 g/mol. The molecule has 1 rings (SSSR count). The smallest absolute Gasteiger partial charge is 0.326 e. The topological polar surface area (TPSA) is 102 Å². The van der Waals surface area contributed by atoms with Crippen LogP contribution >= 0.6 is 0 Å². The van der Waals surface area contributed by atoms with Crippen molar-refractivity contribution in [2.45, 2.75) is 19.4 Å². The van der Waals surface area contributed by atoms with Crippen LogP contribution in [0.5, 0.6) is 0 Å². The Bertz CT molecular complexity index is 540. The molecule has 0 saturated carbocycles. The highest BCUT2D eigenvalue weighted by Gasteiger charge is 2.18. The molecule has 3 N–H and O–H groups in total. The minimum Gasteiger partial charge on any atom is -0.480 e. The number of hydrogen-bond donors (Lipinski definition) is 3. The number of carboxylic acid groups (broad SMARTS) is 1. The van der Waals surface area contributed by atoms with Gasteiger partial charge in [0, 0.05) is 0 Å². The summed E-state index contributed by atoms with van der Waals surface area (Å²) in [5.74, 6) is -1.93. The van der Waals surface area contributed by atoms with Gasteiger partial charge in [0.2, 0.25) is 0 Å². The number of urea groups is 1. The van der Waals surface area contributed by atoms with Crippen molar-refractivity contribution in [1.82, 2.24) is 5.32 Å². The summed E-state index contributed by atoms with van der Waals surface area (Å²) in [5, 5.41) is 21.7. The number of halogens is 1. The molecule has 100 valence electrons. The quantitative estimate of drug-likeness (QED) is 0.770. The SMILES string of the molecule is CCC(NC(=O)Nc1ccc(C#N)cc1F)C(=O)O. The van der Waals surface area contributed by atoms with Gasteiger partial charge in [0.05, 0.1) is 17.3 Å². The summed E-state index contributed by atoms with van der Waals surface area (Å²) in [7, 11) is 0. The number of anilines is 1. The van der Waals surface area contributed by atoms with Gasteiger partial charge in [-0.1, -0.05) is 6.92 Å². The minimum atomic E-state index is -1.17. The van der Waals surface area contributed by atoms with Crippen molar-refractivity contribution < 1.29 is 19.1 Å². The van der Waals surface area contributed by atoms with Crippen molar-refractivity contribution in [2.75, 3.05) is 5.32 Å². The van der Waals surface area contributed by atoms with Crippen LogP contribution in [0.25, 0.3) is 0 Å².